The summed E-state index contributed by atoms with van der Waals surface area (Å²) in [4.78, 5) is 11.3. The van der Waals surface area contributed by atoms with Gasteiger partial charge in [0.2, 0.25) is 0 Å². The van der Waals surface area contributed by atoms with Gasteiger partial charge >= 0.3 is 5.97 Å². The van der Waals surface area contributed by atoms with Crippen molar-refractivity contribution in [3.05, 3.63) is 33.4 Å². The van der Waals surface area contributed by atoms with Crippen molar-refractivity contribution in [2.45, 2.75) is 26.4 Å². The molecule has 0 fully saturated rings. The minimum absolute atomic E-state index is 0.137. The van der Waals surface area contributed by atoms with E-state index in [9.17, 15) is 15.0 Å². The van der Waals surface area contributed by atoms with Gasteiger partial charge in [-0.25, -0.2) is 0 Å². The van der Waals surface area contributed by atoms with Gasteiger partial charge in [-0.2, -0.15) is 0 Å². The lowest BCUT2D eigenvalue weighted by Gasteiger charge is -2.33. The lowest BCUT2D eigenvalue weighted by atomic mass is 9.76. The van der Waals surface area contributed by atoms with Crippen molar-refractivity contribution in [3.63, 3.8) is 0 Å². The summed E-state index contributed by atoms with van der Waals surface area (Å²) in [6.07, 6.45) is 0. The number of benzene rings is 1. The topological polar surface area (TPSA) is 57.5 Å². The molecule has 0 radical (unpaired) electrons. The molecule has 1 aromatic rings. The smallest absolute Gasteiger partial charge is 0.310 e. The molecule has 1 aromatic carbocycles. The molecule has 0 saturated heterocycles. The lowest BCUT2D eigenvalue weighted by Crippen LogP contribution is -2.40. The first-order valence-corrected chi connectivity index (χ1v) is 6.56. The third kappa shape index (κ3) is 3.19. The van der Waals surface area contributed by atoms with E-state index < -0.39 is 17.5 Å². The highest BCUT2D eigenvalue weighted by atomic mass is 127. The van der Waals surface area contributed by atoms with Gasteiger partial charge in [0, 0.05) is 3.57 Å². The fourth-order valence-corrected chi connectivity index (χ4v) is 2.50. The van der Waals surface area contributed by atoms with E-state index in [1.165, 1.54) is 0 Å². The Morgan fingerprint density at radius 1 is 1.29 bits per heavy atom. The predicted molar refractivity (Wildman–Crippen MR) is 74.7 cm³/mol. The Morgan fingerprint density at radius 2 is 1.76 bits per heavy atom. The second-order valence-electron chi connectivity index (χ2n) is 4.71. The molecule has 0 amide bonds. The zero-order valence-electron chi connectivity index (χ0n) is 10.1. The van der Waals surface area contributed by atoms with E-state index in [2.05, 4.69) is 22.6 Å². The van der Waals surface area contributed by atoms with Gasteiger partial charge in [0.15, 0.2) is 0 Å². The Bertz CT molecular complexity index is 396. The molecule has 94 valence electrons. The Hall–Kier alpha value is -0.620. The number of aliphatic hydroxyl groups is 1. The van der Waals surface area contributed by atoms with Crippen LogP contribution < -0.4 is 0 Å². The summed E-state index contributed by atoms with van der Waals surface area (Å²) in [6, 6.07) is 7.29. The number of hydrogen-bond acceptors (Lipinski definition) is 2. The summed E-state index contributed by atoms with van der Waals surface area (Å²) in [6.45, 7) is 5.17. The molecule has 0 aliphatic heterocycles. The van der Waals surface area contributed by atoms with E-state index in [0.29, 0.717) is 5.56 Å². The molecule has 2 N–H and O–H groups in total. The number of aliphatic carboxylic acids is 1. The maximum Gasteiger partial charge on any atom is 0.310 e. The number of carboxylic acid groups (broad SMARTS) is 1. The standard InChI is InChI=1S/C13H17IO3/c1-8(2)11(12(15)16)13(3,17)9-4-6-10(14)7-5-9/h4-8,11,17H,1-3H3,(H,15,16). The Morgan fingerprint density at radius 3 is 2.12 bits per heavy atom. The van der Waals surface area contributed by atoms with Crippen LogP contribution >= 0.6 is 22.6 Å². The number of carbonyl (C=O) groups is 1. The van der Waals surface area contributed by atoms with Gasteiger partial charge in [0.05, 0.1) is 5.92 Å². The van der Waals surface area contributed by atoms with Gasteiger partial charge in [-0.15, -0.1) is 0 Å². The molecular weight excluding hydrogens is 331 g/mol. The molecule has 2 unspecified atom stereocenters. The maximum absolute atomic E-state index is 11.3. The Labute approximate surface area is 115 Å². The maximum atomic E-state index is 11.3. The van der Waals surface area contributed by atoms with Crippen molar-refractivity contribution in [2.24, 2.45) is 11.8 Å². The van der Waals surface area contributed by atoms with Gasteiger partial charge in [0.1, 0.15) is 5.60 Å². The Balaban J connectivity index is 3.15. The van der Waals surface area contributed by atoms with E-state index in [1.54, 1.807) is 32.9 Å². The molecular formula is C13H17IO3. The van der Waals surface area contributed by atoms with Gasteiger partial charge in [-0.3, -0.25) is 4.79 Å². The molecule has 17 heavy (non-hydrogen) atoms. The summed E-state index contributed by atoms with van der Waals surface area (Å²) < 4.78 is 1.05. The van der Waals surface area contributed by atoms with E-state index in [1.807, 2.05) is 12.1 Å². The van der Waals surface area contributed by atoms with Crippen LogP contribution in [0, 0.1) is 15.4 Å². The van der Waals surface area contributed by atoms with Crippen LogP contribution in [0.4, 0.5) is 0 Å². The van der Waals surface area contributed by atoms with Gasteiger partial charge < -0.3 is 10.2 Å². The van der Waals surface area contributed by atoms with Crippen molar-refractivity contribution in [2.75, 3.05) is 0 Å². The average molecular weight is 348 g/mol. The normalized spacial score (nSPS) is 16.6. The van der Waals surface area contributed by atoms with Crippen LogP contribution in [0.3, 0.4) is 0 Å². The second-order valence-corrected chi connectivity index (χ2v) is 5.96. The molecule has 0 spiro atoms. The van der Waals surface area contributed by atoms with E-state index in [-0.39, 0.29) is 5.92 Å². The van der Waals surface area contributed by atoms with Crippen LogP contribution in [0.1, 0.15) is 26.3 Å². The van der Waals surface area contributed by atoms with Crippen LogP contribution in [0.2, 0.25) is 0 Å². The largest absolute Gasteiger partial charge is 0.481 e. The van der Waals surface area contributed by atoms with Crippen molar-refractivity contribution in [1.82, 2.24) is 0 Å². The quantitative estimate of drug-likeness (QED) is 0.823. The molecule has 0 aliphatic rings. The van der Waals surface area contributed by atoms with Crippen molar-refractivity contribution in [1.29, 1.82) is 0 Å². The molecule has 0 saturated carbocycles. The molecule has 1 rings (SSSR count). The second kappa shape index (κ2) is 5.35. The van der Waals surface area contributed by atoms with E-state index >= 15 is 0 Å². The Kier molecular flexibility index (Phi) is 4.55. The highest BCUT2D eigenvalue weighted by molar-refractivity contribution is 14.1. The first-order valence-electron chi connectivity index (χ1n) is 5.48. The monoisotopic (exact) mass is 348 g/mol. The van der Waals surface area contributed by atoms with Crippen LogP contribution in [-0.2, 0) is 10.4 Å². The highest BCUT2D eigenvalue weighted by Crippen LogP contribution is 2.34. The summed E-state index contributed by atoms with van der Waals surface area (Å²) >= 11 is 2.17. The molecule has 0 bridgehead atoms. The van der Waals surface area contributed by atoms with Crippen LogP contribution in [0.15, 0.2) is 24.3 Å². The number of halogens is 1. The summed E-state index contributed by atoms with van der Waals surface area (Å²) in [5.74, 6) is -1.92. The van der Waals surface area contributed by atoms with Crippen molar-refractivity contribution >= 4 is 28.6 Å². The molecule has 4 heteroatoms. The van der Waals surface area contributed by atoms with E-state index in [4.69, 9.17) is 0 Å². The fraction of sp³-hybridized carbons (Fsp3) is 0.462. The predicted octanol–water partition coefficient (Wildman–Crippen LogP) is 2.86. The number of rotatable bonds is 4. The molecule has 0 aromatic heterocycles. The first-order chi connectivity index (χ1) is 7.76. The lowest BCUT2D eigenvalue weighted by molar-refractivity contribution is -0.155. The minimum atomic E-state index is -1.36. The molecule has 2 atom stereocenters. The SMILES string of the molecule is CC(C)C(C(=O)O)C(C)(O)c1ccc(I)cc1. The van der Waals surface area contributed by atoms with Crippen molar-refractivity contribution in [3.8, 4) is 0 Å². The van der Waals surface area contributed by atoms with Crippen LogP contribution in [0.5, 0.6) is 0 Å². The summed E-state index contributed by atoms with van der Waals surface area (Å²) in [5, 5.41) is 19.7. The summed E-state index contributed by atoms with van der Waals surface area (Å²) in [7, 11) is 0. The van der Waals surface area contributed by atoms with Crippen molar-refractivity contribution < 1.29 is 15.0 Å². The van der Waals surface area contributed by atoms with Gasteiger partial charge in [0.25, 0.3) is 0 Å². The van der Waals surface area contributed by atoms with Crippen LogP contribution in [-0.4, -0.2) is 16.2 Å². The zero-order valence-corrected chi connectivity index (χ0v) is 12.3. The third-order valence-corrected chi connectivity index (χ3v) is 3.69. The fourth-order valence-electron chi connectivity index (χ4n) is 2.14. The average Bonchev–Trinajstić information content (AvgIpc) is 2.16. The zero-order chi connectivity index (χ0) is 13.2. The number of hydrogen-bond donors (Lipinski definition) is 2. The molecule has 3 nitrogen and oxygen atoms in total. The number of carboxylic acids is 1. The molecule has 0 heterocycles. The third-order valence-electron chi connectivity index (χ3n) is 2.97. The van der Waals surface area contributed by atoms with E-state index in [0.717, 1.165) is 3.57 Å². The first kappa shape index (κ1) is 14.4. The van der Waals surface area contributed by atoms with Gasteiger partial charge in [-0.05, 0) is 53.1 Å². The highest BCUT2D eigenvalue weighted by Gasteiger charge is 2.40. The summed E-state index contributed by atoms with van der Waals surface area (Å²) in [5.41, 5.74) is -0.719. The van der Waals surface area contributed by atoms with Crippen LogP contribution in [0.25, 0.3) is 0 Å². The minimum Gasteiger partial charge on any atom is -0.481 e. The van der Waals surface area contributed by atoms with Gasteiger partial charge in [-0.1, -0.05) is 26.0 Å². The molecule has 0 aliphatic carbocycles.